The number of benzene rings is 3. The van der Waals surface area contributed by atoms with Gasteiger partial charge in [0, 0.05) is 83.0 Å². The zero-order valence-electron chi connectivity index (χ0n) is 81.8. The fraction of sp³-hybridized carbons (Fsp3) is 0.617. The molecule has 132 heavy (non-hydrogen) atoms. The standard InChI is InChI=1S/C115H155Br2N9O2S4/c1-8-14-20-26-32-38-42-46-52-58-64-82(62-56-50-44-36-30-24-18-12-5)80-125-104-100(112-106(125)114-110(131-112)90(66-60-54-48-40-34-28-22-16-10-3)96(129-114)74-94-98(84(76-118)77-119)88-70-68-86(116)72-92(88)108(94)127)102-103(123-124(7)122-102)101-105(104)126(81-83(63-57-51-45-37-31-25-19-13-6)65-59-53-47-43-39-33-27-21-15-9-2)107-113(101)132-111-91(67-61-55-49-41-35-29-23-17-11-4)97(130-115(107)111)75-95-99(85(78-120)79-121)89-71-69-87(117)73-93(89)109(95)128/h68-75,82-83H,8-67,80-81H2,1-7H3. The number of halogens is 2. The largest absolute Gasteiger partial charge is 0.337 e. The van der Waals surface area contributed by atoms with Crippen molar-refractivity contribution in [3.05, 3.63) is 111 Å². The molecule has 12 rings (SSSR count). The topological polar surface area (TPSA) is 170 Å². The van der Waals surface area contributed by atoms with Crippen molar-refractivity contribution in [1.82, 2.24) is 24.1 Å². The molecule has 0 spiro atoms. The van der Waals surface area contributed by atoms with Gasteiger partial charge in [-0.15, -0.1) is 45.3 Å². The number of ketones is 2. The van der Waals surface area contributed by atoms with E-state index < -0.39 is 0 Å². The summed E-state index contributed by atoms with van der Waals surface area (Å²) in [6.07, 6.45) is 78.4. The van der Waals surface area contributed by atoms with Gasteiger partial charge >= 0.3 is 0 Å². The van der Waals surface area contributed by atoms with Crippen molar-refractivity contribution in [2.75, 3.05) is 0 Å². The molecule has 2 unspecified atom stereocenters. The Morgan fingerprint density at radius 3 is 0.879 bits per heavy atom. The van der Waals surface area contributed by atoms with Gasteiger partial charge in [-0.3, -0.25) is 9.59 Å². The number of carbonyl (C=O) groups is 2. The smallest absolute Gasteiger partial charge is 0.194 e. The summed E-state index contributed by atoms with van der Waals surface area (Å²) in [4.78, 5) is 34.7. The van der Waals surface area contributed by atoms with Crippen LogP contribution in [0, 0.1) is 57.2 Å². The first-order valence-corrected chi connectivity index (χ1v) is 58.0. The second kappa shape index (κ2) is 55.6. The Bertz CT molecular complexity index is 5370. The molecule has 710 valence electrons. The highest BCUT2D eigenvalue weighted by Gasteiger charge is 2.38. The summed E-state index contributed by atoms with van der Waals surface area (Å²) in [7, 11) is 2.03. The number of thiophene rings is 4. The lowest BCUT2D eigenvalue weighted by Gasteiger charge is -2.22. The third kappa shape index (κ3) is 27.0. The Morgan fingerprint density at radius 2 is 0.606 bits per heavy atom. The molecule has 2 aliphatic rings. The molecule has 0 saturated carbocycles. The molecular formula is C115H155Br2N9O2S4. The third-order valence-corrected chi connectivity index (χ3v) is 35.1. The van der Waals surface area contributed by atoms with Gasteiger partial charge in [-0.2, -0.15) is 36.0 Å². The zero-order valence-corrected chi connectivity index (χ0v) is 88.3. The Labute approximate surface area is 825 Å². The van der Waals surface area contributed by atoms with Crippen LogP contribution in [0.2, 0.25) is 0 Å². The van der Waals surface area contributed by atoms with Crippen LogP contribution >= 0.6 is 77.2 Å². The van der Waals surface area contributed by atoms with Crippen molar-refractivity contribution in [3.63, 3.8) is 0 Å². The molecule has 0 radical (unpaired) electrons. The van der Waals surface area contributed by atoms with Crippen molar-refractivity contribution in [2.24, 2.45) is 18.9 Å². The summed E-state index contributed by atoms with van der Waals surface area (Å²) in [6.45, 7) is 15.5. The van der Waals surface area contributed by atoms with Gasteiger partial charge in [0.05, 0.1) is 50.3 Å². The molecule has 0 aliphatic heterocycles. The lowest BCUT2D eigenvalue weighted by atomic mass is 9.93. The van der Waals surface area contributed by atoms with Gasteiger partial charge in [-0.05, 0) is 122 Å². The first-order chi connectivity index (χ1) is 64.8. The summed E-state index contributed by atoms with van der Waals surface area (Å²) in [5.74, 6) is 0.440. The minimum absolute atomic E-state index is 0.0481. The minimum Gasteiger partial charge on any atom is -0.337 e. The highest BCUT2D eigenvalue weighted by molar-refractivity contribution is 9.10. The Morgan fingerprint density at radius 1 is 0.341 bits per heavy atom. The molecular weight excluding hydrogens is 1830 g/mol. The number of nitrogens with zero attached hydrogens (tertiary/aromatic N) is 9. The molecule has 0 N–H and O–H groups in total. The number of unbranched alkanes of at least 4 members (excludes halogenated alkanes) is 48. The molecule has 3 aromatic carbocycles. The van der Waals surface area contributed by atoms with E-state index in [1.165, 1.54) is 393 Å². The van der Waals surface area contributed by atoms with Crippen LogP contribution < -0.4 is 0 Å². The second-order valence-electron chi connectivity index (χ2n) is 39.3. The van der Waals surface area contributed by atoms with Gasteiger partial charge in [-0.25, -0.2) is 0 Å². The van der Waals surface area contributed by atoms with Crippen molar-refractivity contribution in [2.45, 2.75) is 440 Å². The number of hydrogen-bond acceptors (Lipinski definition) is 12. The normalized spacial score (nSPS) is 13.9. The minimum atomic E-state index is -0.161. The van der Waals surface area contributed by atoms with Crippen LogP contribution in [0.25, 0.3) is 95.4 Å². The molecule has 10 aromatic rings. The van der Waals surface area contributed by atoms with Crippen LogP contribution in [0.15, 0.2) is 67.6 Å². The molecule has 0 amide bonds. The van der Waals surface area contributed by atoms with Crippen molar-refractivity contribution in [3.8, 4) is 24.3 Å². The van der Waals surface area contributed by atoms with E-state index in [2.05, 4.69) is 119 Å². The number of aromatic nitrogens is 5. The van der Waals surface area contributed by atoms with Crippen molar-refractivity contribution < 1.29 is 9.59 Å². The average molecular weight is 1980 g/mol. The maximum Gasteiger partial charge on any atom is 0.194 e. The number of allylic oxidation sites excluding steroid dienone is 6. The number of nitriles is 4. The summed E-state index contributed by atoms with van der Waals surface area (Å²) in [5.41, 5.74) is 13.3. The quantitative estimate of drug-likeness (QED) is 0.0206. The highest BCUT2D eigenvalue weighted by Crippen LogP contribution is 2.57. The first kappa shape index (κ1) is 104. The lowest BCUT2D eigenvalue weighted by Crippen LogP contribution is -2.14. The average Bonchev–Trinajstić information content (AvgIpc) is 1.50. The van der Waals surface area contributed by atoms with Crippen LogP contribution in [-0.4, -0.2) is 35.7 Å². The maximum atomic E-state index is 15.4. The monoisotopic (exact) mass is 1980 g/mol. The van der Waals surface area contributed by atoms with E-state index in [4.69, 9.17) is 10.2 Å². The summed E-state index contributed by atoms with van der Waals surface area (Å²) in [5, 5.41) is 57.2. The van der Waals surface area contributed by atoms with E-state index in [9.17, 15) is 21.0 Å². The molecule has 17 heteroatoms. The van der Waals surface area contributed by atoms with E-state index >= 15 is 9.59 Å². The molecule has 11 nitrogen and oxygen atoms in total. The number of rotatable bonds is 66. The van der Waals surface area contributed by atoms with E-state index in [0.29, 0.717) is 56.4 Å². The molecule has 0 bridgehead atoms. The van der Waals surface area contributed by atoms with Gasteiger partial charge in [0.25, 0.3) is 0 Å². The molecule has 2 atom stereocenters. The fourth-order valence-electron chi connectivity index (χ4n) is 21.6. The lowest BCUT2D eigenvalue weighted by molar-refractivity contribution is 0.103. The number of Topliss-reactive ketones (excluding diaryl/α,β-unsaturated/α-hetero) is 2. The number of hydrogen-bond donors (Lipinski definition) is 0. The maximum absolute atomic E-state index is 15.4. The SMILES string of the molecule is CCCCCCCCCCCCC(CCCCCCCCCC)Cn1c2c3sc(C=C4C(=O)c5cc(Br)ccc5C4=C(C#N)C#N)c(CCCCCCCCCCC)c3sc2c2c3nn(C)nc3c3c4sc5c(CCCCCCCCCCC)c(C=C6C(=O)c7cc(Br)ccc7C6=C(C#N)C#N)sc5c4n(CC(CCCCCCCCCC)CCCCCCCCCCCC)c3c21. The molecule has 7 aromatic heterocycles. The van der Waals surface area contributed by atoms with Crippen molar-refractivity contribution >= 4 is 184 Å². The van der Waals surface area contributed by atoms with E-state index in [1.807, 2.05) is 93.6 Å². The van der Waals surface area contributed by atoms with Crippen molar-refractivity contribution in [1.29, 1.82) is 21.0 Å². The highest BCUT2D eigenvalue weighted by atomic mass is 79.9. The number of aryl methyl sites for hydroxylation is 3. The predicted octanol–water partition coefficient (Wildman–Crippen LogP) is 38.5. The van der Waals surface area contributed by atoms with Gasteiger partial charge in [-0.1, -0.05) is 419 Å². The molecule has 7 heterocycles. The van der Waals surface area contributed by atoms with Crippen LogP contribution in [0.3, 0.4) is 0 Å². The fourth-order valence-corrected chi connectivity index (χ4v) is 28.3. The summed E-state index contributed by atoms with van der Waals surface area (Å²) >= 11 is 14.9. The summed E-state index contributed by atoms with van der Waals surface area (Å²) < 4.78 is 14.8. The molecule has 0 fully saturated rings. The Hall–Kier alpha value is -6.80. The summed E-state index contributed by atoms with van der Waals surface area (Å²) in [6, 6.07) is 20.4. The van der Waals surface area contributed by atoms with Gasteiger partial charge in [0.2, 0.25) is 0 Å². The van der Waals surface area contributed by atoms with E-state index in [0.717, 1.165) is 107 Å². The van der Waals surface area contributed by atoms with E-state index in [-0.39, 0.29) is 22.7 Å². The van der Waals surface area contributed by atoms with Gasteiger partial charge in [0.1, 0.15) is 46.5 Å². The van der Waals surface area contributed by atoms with Crippen LogP contribution in [0.4, 0.5) is 0 Å². The second-order valence-corrected chi connectivity index (χ2v) is 45.3. The zero-order chi connectivity index (χ0) is 92.9. The van der Waals surface area contributed by atoms with Gasteiger partial charge < -0.3 is 9.13 Å². The molecule has 2 aliphatic carbocycles. The predicted molar refractivity (Wildman–Crippen MR) is 576 cm³/mol. The number of carbonyl (C=O) groups excluding carboxylic acids is 2. The third-order valence-electron chi connectivity index (χ3n) is 29.0. The van der Waals surface area contributed by atoms with Crippen LogP contribution in [0.5, 0.6) is 0 Å². The first-order valence-electron chi connectivity index (χ1n) is 53.2. The Balaban J connectivity index is 1.14. The molecule has 0 saturated heterocycles. The Kier molecular flexibility index (Phi) is 43.8. The van der Waals surface area contributed by atoms with Crippen LogP contribution in [0.1, 0.15) is 467 Å². The van der Waals surface area contributed by atoms with E-state index in [1.54, 1.807) is 0 Å². The van der Waals surface area contributed by atoms with Crippen LogP contribution in [-0.2, 0) is 33.0 Å². The number of fused-ring (bicyclic) bond motifs is 16. The van der Waals surface area contributed by atoms with Gasteiger partial charge in [0.15, 0.2) is 11.6 Å².